The van der Waals surface area contributed by atoms with Crippen molar-refractivity contribution in [3.05, 3.63) is 69.2 Å². The molecule has 3 aromatic rings. The number of halogens is 2. The Hall–Kier alpha value is -2.99. The van der Waals surface area contributed by atoms with Crippen LogP contribution in [0.15, 0.2) is 47.3 Å². The van der Waals surface area contributed by atoms with Crippen LogP contribution in [-0.2, 0) is 4.79 Å². The van der Waals surface area contributed by atoms with E-state index in [0.29, 0.717) is 16.5 Å². The van der Waals surface area contributed by atoms with Gasteiger partial charge in [-0.25, -0.2) is 9.37 Å². The maximum atomic E-state index is 14.2. The maximum Gasteiger partial charge on any atom is 0.259 e. The van der Waals surface area contributed by atoms with Gasteiger partial charge in [-0.15, -0.1) is 0 Å². The van der Waals surface area contributed by atoms with E-state index < -0.39 is 11.4 Å². The minimum Gasteiger partial charge on any atom is -0.350 e. The van der Waals surface area contributed by atoms with E-state index >= 15 is 0 Å². The highest BCUT2D eigenvalue weighted by Gasteiger charge is 2.15. The molecule has 0 bridgehead atoms. The van der Waals surface area contributed by atoms with Crippen LogP contribution in [-0.4, -0.2) is 21.9 Å². The highest BCUT2D eigenvalue weighted by Crippen LogP contribution is 2.28. The molecule has 2 aromatic carbocycles. The van der Waals surface area contributed by atoms with Crippen LogP contribution in [0.25, 0.3) is 28.4 Å². The number of fused-ring (bicyclic) bond motifs is 1. The van der Waals surface area contributed by atoms with Crippen molar-refractivity contribution in [3.8, 4) is 11.4 Å². The van der Waals surface area contributed by atoms with E-state index in [9.17, 15) is 14.0 Å². The zero-order chi connectivity index (χ0) is 19.6. The summed E-state index contributed by atoms with van der Waals surface area (Å²) in [5, 5.41) is 3.22. The standard InChI is InChI=1S/C20H17ClFN3O2/c1-11(2)23-16(26)10-9-12-5-3-6-13-18(12)24-19(25-20(13)27)17-14(21)7-4-8-15(17)22/h3-11H,1-2H3,(H,23,26)(H,24,25,27)/b10-9+. The number of rotatable bonds is 4. The number of benzene rings is 2. The summed E-state index contributed by atoms with van der Waals surface area (Å²) < 4.78 is 14.2. The largest absolute Gasteiger partial charge is 0.350 e. The number of hydrogen-bond donors (Lipinski definition) is 2. The first-order valence-corrected chi connectivity index (χ1v) is 8.70. The Balaban J connectivity index is 2.15. The zero-order valence-corrected chi connectivity index (χ0v) is 15.5. The number of aromatic amines is 1. The first-order chi connectivity index (χ1) is 12.9. The van der Waals surface area contributed by atoms with Gasteiger partial charge in [-0.3, -0.25) is 9.59 Å². The van der Waals surface area contributed by atoms with E-state index in [1.165, 1.54) is 24.3 Å². The fourth-order valence-corrected chi connectivity index (χ4v) is 2.91. The molecule has 3 rings (SSSR count). The molecule has 1 aromatic heterocycles. The van der Waals surface area contributed by atoms with Crippen molar-refractivity contribution >= 4 is 34.5 Å². The summed E-state index contributed by atoms with van der Waals surface area (Å²) in [6, 6.07) is 9.27. The normalized spacial score (nSPS) is 11.4. The monoisotopic (exact) mass is 385 g/mol. The Labute approximate surface area is 159 Å². The molecule has 0 spiro atoms. The molecule has 0 saturated heterocycles. The molecule has 0 aliphatic carbocycles. The predicted molar refractivity (Wildman–Crippen MR) is 105 cm³/mol. The van der Waals surface area contributed by atoms with E-state index in [2.05, 4.69) is 15.3 Å². The van der Waals surface area contributed by atoms with Crippen LogP contribution in [0.5, 0.6) is 0 Å². The van der Waals surface area contributed by atoms with Gasteiger partial charge >= 0.3 is 0 Å². The summed E-state index contributed by atoms with van der Waals surface area (Å²) in [5.41, 5.74) is 0.515. The fraction of sp³-hybridized carbons (Fsp3) is 0.150. The Bertz CT molecular complexity index is 1090. The topological polar surface area (TPSA) is 74.8 Å². The Kier molecular flexibility index (Phi) is 5.37. The van der Waals surface area contributed by atoms with Gasteiger partial charge < -0.3 is 10.3 Å². The predicted octanol–water partition coefficient (Wildman–Crippen LogP) is 3.92. The van der Waals surface area contributed by atoms with Crippen LogP contribution in [0.1, 0.15) is 19.4 Å². The quantitative estimate of drug-likeness (QED) is 0.668. The lowest BCUT2D eigenvalue weighted by molar-refractivity contribution is -0.116. The summed E-state index contributed by atoms with van der Waals surface area (Å²) in [6.07, 6.45) is 2.94. The smallest absolute Gasteiger partial charge is 0.259 e. The van der Waals surface area contributed by atoms with Crippen LogP contribution >= 0.6 is 11.6 Å². The molecule has 0 saturated carbocycles. The molecule has 0 aliphatic rings. The van der Waals surface area contributed by atoms with Crippen LogP contribution < -0.4 is 10.9 Å². The van der Waals surface area contributed by atoms with Gasteiger partial charge in [0.1, 0.15) is 11.6 Å². The molecular weight excluding hydrogens is 369 g/mol. The number of carbonyl (C=O) groups excluding carboxylic acids is 1. The average molecular weight is 386 g/mol. The lowest BCUT2D eigenvalue weighted by Gasteiger charge is -2.08. The molecule has 138 valence electrons. The molecule has 5 nitrogen and oxygen atoms in total. The Morgan fingerprint density at radius 3 is 2.70 bits per heavy atom. The van der Waals surface area contributed by atoms with Crippen molar-refractivity contribution in [3.63, 3.8) is 0 Å². The molecular formula is C20H17ClFN3O2. The average Bonchev–Trinajstić information content (AvgIpc) is 2.59. The summed E-state index contributed by atoms with van der Waals surface area (Å²) in [5.74, 6) is -0.818. The Morgan fingerprint density at radius 1 is 1.26 bits per heavy atom. The third kappa shape index (κ3) is 4.06. The second-order valence-electron chi connectivity index (χ2n) is 6.25. The number of para-hydroxylation sites is 1. The highest BCUT2D eigenvalue weighted by molar-refractivity contribution is 6.33. The van der Waals surface area contributed by atoms with E-state index in [1.54, 1.807) is 24.3 Å². The van der Waals surface area contributed by atoms with Gasteiger partial charge in [0, 0.05) is 17.7 Å². The summed E-state index contributed by atoms with van der Waals surface area (Å²) in [4.78, 5) is 31.3. The van der Waals surface area contributed by atoms with Crippen LogP contribution in [0, 0.1) is 5.82 Å². The van der Waals surface area contributed by atoms with E-state index in [0.717, 1.165) is 0 Å². The first-order valence-electron chi connectivity index (χ1n) is 8.33. The summed E-state index contributed by atoms with van der Waals surface area (Å²) in [6.45, 7) is 3.71. The Morgan fingerprint density at radius 2 is 2.00 bits per heavy atom. The number of aromatic nitrogens is 2. The third-order valence-corrected chi connectivity index (χ3v) is 4.13. The minimum atomic E-state index is -0.589. The highest BCUT2D eigenvalue weighted by atomic mass is 35.5. The molecule has 0 aliphatic heterocycles. The van der Waals surface area contributed by atoms with E-state index in [-0.39, 0.29) is 28.4 Å². The molecule has 1 amide bonds. The van der Waals surface area contributed by atoms with E-state index in [4.69, 9.17) is 11.6 Å². The van der Waals surface area contributed by atoms with Gasteiger partial charge in [0.05, 0.1) is 21.5 Å². The van der Waals surface area contributed by atoms with Crippen molar-refractivity contribution in [1.29, 1.82) is 0 Å². The van der Waals surface area contributed by atoms with Crippen LogP contribution in [0.4, 0.5) is 4.39 Å². The fourth-order valence-electron chi connectivity index (χ4n) is 2.66. The van der Waals surface area contributed by atoms with Crippen molar-refractivity contribution in [2.45, 2.75) is 19.9 Å². The van der Waals surface area contributed by atoms with Gasteiger partial charge in [0.25, 0.3) is 5.56 Å². The molecule has 0 fully saturated rings. The molecule has 0 atom stereocenters. The number of H-pyrrole nitrogens is 1. The lowest BCUT2D eigenvalue weighted by Crippen LogP contribution is -2.28. The second-order valence-corrected chi connectivity index (χ2v) is 6.66. The molecule has 0 radical (unpaired) electrons. The second kappa shape index (κ2) is 7.72. The van der Waals surface area contributed by atoms with Crippen LogP contribution in [0.3, 0.4) is 0 Å². The zero-order valence-electron chi connectivity index (χ0n) is 14.7. The number of amides is 1. The van der Waals surface area contributed by atoms with E-state index in [1.807, 2.05) is 13.8 Å². The maximum absolute atomic E-state index is 14.2. The minimum absolute atomic E-state index is 0.00503. The number of carbonyl (C=O) groups is 1. The number of nitrogens with zero attached hydrogens (tertiary/aromatic N) is 1. The van der Waals surface area contributed by atoms with Crippen molar-refractivity contribution in [2.75, 3.05) is 0 Å². The van der Waals surface area contributed by atoms with Gasteiger partial charge in [0.2, 0.25) is 5.91 Å². The summed E-state index contributed by atoms with van der Waals surface area (Å²) in [7, 11) is 0. The number of hydrogen-bond acceptors (Lipinski definition) is 3. The number of nitrogens with one attached hydrogen (secondary N) is 2. The van der Waals surface area contributed by atoms with Crippen LogP contribution in [0.2, 0.25) is 5.02 Å². The van der Waals surface area contributed by atoms with Gasteiger partial charge in [0.15, 0.2) is 0 Å². The molecule has 7 heteroatoms. The van der Waals surface area contributed by atoms with Crippen molar-refractivity contribution in [2.24, 2.45) is 0 Å². The molecule has 0 unspecified atom stereocenters. The first kappa shape index (κ1) is 18.8. The summed E-state index contributed by atoms with van der Waals surface area (Å²) >= 11 is 6.09. The lowest BCUT2D eigenvalue weighted by atomic mass is 10.1. The van der Waals surface area contributed by atoms with Gasteiger partial charge in [-0.05, 0) is 38.1 Å². The molecule has 2 N–H and O–H groups in total. The van der Waals surface area contributed by atoms with Crippen molar-refractivity contribution in [1.82, 2.24) is 15.3 Å². The van der Waals surface area contributed by atoms with Crippen molar-refractivity contribution < 1.29 is 9.18 Å². The van der Waals surface area contributed by atoms with Gasteiger partial charge in [-0.2, -0.15) is 0 Å². The van der Waals surface area contributed by atoms with Gasteiger partial charge in [-0.1, -0.05) is 29.8 Å². The molecule has 1 heterocycles. The SMILES string of the molecule is CC(C)NC(=O)/C=C/c1cccc2c(=O)[nH]c(-c3c(F)cccc3Cl)nc12. The third-order valence-electron chi connectivity index (χ3n) is 3.81. The molecule has 27 heavy (non-hydrogen) atoms.